The molecule has 84 valence electrons. The van der Waals surface area contributed by atoms with E-state index in [-0.39, 0.29) is 6.61 Å². The normalized spacial score (nSPS) is 10.9. The molecule has 0 radical (unpaired) electrons. The van der Waals surface area contributed by atoms with Gasteiger partial charge in [-0.05, 0) is 40.5 Å². The molecule has 0 atom stereocenters. The summed E-state index contributed by atoms with van der Waals surface area (Å²) in [5.41, 5.74) is 1.20. The van der Waals surface area contributed by atoms with Gasteiger partial charge in [-0.2, -0.15) is 0 Å². The number of aliphatic hydroxyl groups excluding tert-OH is 1. The number of halogens is 1. The fraction of sp³-hybridized carbons (Fsp3) is 0.545. The van der Waals surface area contributed by atoms with Crippen molar-refractivity contribution in [1.82, 2.24) is 9.88 Å². The van der Waals surface area contributed by atoms with Crippen LogP contribution in [0.15, 0.2) is 22.9 Å². The van der Waals surface area contributed by atoms with Gasteiger partial charge in [0.1, 0.15) is 0 Å². The van der Waals surface area contributed by atoms with Gasteiger partial charge in [-0.3, -0.25) is 9.88 Å². The lowest BCUT2D eigenvalue weighted by Gasteiger charge is -2.19. The smallest absolute Gasteiger partial charge is 0.0443 e. The van der Waals surface area contributed by atoms with Crippen molar-refractivity contribution in [2.75, 3.05) is 19.7 Å². The summed E-state index contributed by atoms with van der Waals surface area (Å²) in [5.74, 6) is 0. The molecule has 1 heterocycles. The SMILES string of the molecule is CCN(CCCO)Cc1cncc(Br)c1. The van der Waals surface area contributed by atoms with E-state index in [0.717, 1.165) is 30.5 Å². The zero-order valence-electron chi connectivity index (χ0n) is 8.99. The molecule has 0 spiro atoms. The molecule has 0 amide bonds. The zero-order valence-corrected chi connectivity index (χ0v) is 10.6. The van der Waals surface area contributed by atoms with Gasteiger partial charge in [0.2, 0.25) is 0 Å². The van der Waals surface area contributed by atoms with E-state index < -0.39 is 0 Å². The van der Waals surface area contributed by atoms with E-state index in [2.05, 4.69) is 38.8 Å². The maximum Gasteiger partial charge on any atom is 0.0443 e. The fourth-order valence-electron chi connectivity index (χ4n) is 1.44. The maximum atomic E-state index is 8.77. The van der Waals surface area contributed by atoms with Crippen molar-refractivity contribution in [1.29, 1.82) is 0 Å². The highest BCUT2D eigenvalue weighted by atomic mass is 79.9. The lowest BCUT2D eigenvalue weighted by atomic mass is 10.2. The van der Waals surface area contributed by atoms with Gasteiger partial charge in [-0.1, -0.05) is 6.92 Å². The number of hydrogen-bond donors (Lipinski definition) is 1. The molecular weight excluding hydrogens is 256 g/mol. The number of hydrogen-bond acceptors (Lipinski definition) is 3. The Bertz CT molecular complexity index is 294. The van der Waals surface area contributed by atoms with Crippen LogP contribution in [-0.2, 0) is 6.54 Å². The highest BCUT2D eigenvalue weighted by Crippen LogP contribution is 2.11. The van der Waals surface area contributed by atoms with Crippen LogP contribution in [0.2, 0.25) is 0 Å². The van der Waals surface area contributed by atoms with Gasteiger partial charge in [-0.15, -0.1) is 0 Å². The molecule has 0 saturated carbocycles. The Hall–Kier alpha value is -0.450. The van der Waals surface area contributed by atoms with Crippen LogP contribution in [0.25, 0.3) is 0 Å². The molecule has 0 aliphatic rings. The predicted molar refractivity (Wildman–Crippen MR) is 64.6 cm³/mol. The number of aromatic nitrogens is 1. The minimum atomic E-state index is 0.257. The molecule has 0 saturated heterocycles. The molecule has 0 aromatic carbocycles. The molecule has 0 aliphatic heterocycles. The topological polar surface area (TPSA) is 36.4 Å². The van der Waals surface area contributed by atoms with Crippen LogP contribution in [0.4, 0.5) is 0 Å². The van der Waals surface area contributed by atoms with Gasteiger partial charge in [0.05, 0.1) is 0 Å². The van der Waals surface area contributed by atoms with Crippen LogP contribution in [0.1, 0.15) is 18.9 Å². The second-order valence-corrected chi connectivity index (χ2v) is 4.37. The summed E-state index contributed by atoms with van der Waals surface area (Å²) in [7, 11) is 0. The first-order chi connectivity index (χ1) is 7.26. The molecule has 1 aromatic rings. The Labute approximate surface area is 99.3 Å². The molecular formula is C11H17BrN2O. The van der Waals surface area contributed by atoms with E-state index >= 15 is 0 Å². The molecule has 0 bridgehead atoms. The molecule has 0 fully saturated rings. The highest BCUT2D eigenvalue weighted by molar-refractivity contribution is 9.10. The van der Waals surface area contributed by atoms with Crippen molar-refractivity contribution in [3.05, 3.63) is 28.5 Å². The number of rotatable bonds is 6. The Morgan fingerprint density at radius 2 is 2.27 bits per heavy atom. The van der Waals surface area contributed by atoms with Crippen LogP contribution in [0.3, 0.4) is 0 Å². The zero-order chi connectivity index (χ0) is 11.1. The Balaban J connectivity index is 2.50. The van der Waals surface area contributed by atoms with Gasteiger partial charge >= 0.3 is 0 Å². The Morgan fingerprint density at radius 3 is 2.87 bits per heavy atom. The van der Waals surface area contributed by atoms with Crippen LogP contribution in [0.5, 0.6) is 0 Å². The largest absolute Gasteiger partial charge is 0.396 e. The van der Waals surface area contributed by atoms with E-state index in [4.69, 9.17) is 5.11 Å². The average molecular weight is 273 g/mol. The first kappa shape index (κ1) is 12.6. The lowest BCUT2D eigenvalue weighted by molar-refractivity contribution is 0.225. The van der Waals surface area contributed by atoms with Gasteiger partial charge in [0.15, 0.2) is 0 Å². The molecule has 1 aromatic heterocycles. The Kier molecular flexibility index (Phi) is 5.83. The van der Waals surface area contributed by atoms with Crippen molar-refractivity contribution in [2.24, 2.45) is 0 Å². The average Bonchev–Trinajstić information content (AvgIpc) is 2.24. The molecule has 0 aliphatic carbocycles. The van der Waals surface area contributed by atoms with Gasteiger partial charge < -0.3 is 5.11 Å². The lowest BCUT2D eigenvalue weighted by Crippen LogP contribution is -2.24. The van der Waals surface area contributed by atoms with E-state index in [0.29, 0.717) is 0 Å². The second-order valence-electron chi connectivity index (χ2n) is 3.46. The summed E-state index contributed by atoms with van der Waals surface area (Å²) in [4.78, 5) is 6.42. The van der Waals surface area contributed by atoms with Crippen LogP contribution < -0.4 is 0 Å². The third-order valence-electron chi connectivity index (χ3n) is 2.25. The molecule has 1 N–H and O–H groups in total. The Morgan fingerprint density at radius 1 is 1.47 bits per heavy atom. The van der Waals surface area contributed by atoms with Crippen molar-refractivity contribution < 1.29 is 5.11 Å². The first-order valence-electron chi connectivity index (χ1n) is 5.19. The van der Waals surface area contributed by atoms with Crippen LogP contribution in [-0.4, -0.2) is 34.7 Å². The van der Waals surface area contributed by atoms with Crippen molar-refractivity contribution in [2.45, 2.75) is 19.9 Å². The quantitative estimate of drug-likeness (QED) is 0.861. The van der Waals surface area contributed by atoms with E-state index in [9.17, 15) is 0 Å². The van der Waals surface area contributed by atoms with Crippen molar-refractivity contribution in [3.8, 4) is 0 Å². The standard InChI is InChI=1S/C11H17BrN2O/c1-2-14(4-3-5-15)9-10-6-11(12)8-13-7-10/h6-8,15H,2-5,9H2,1H3. The third kappa shape index (κ3) is 4.73. The minimum Gasteiger partial charge on any atom is -0.396 e. The van der Waals surface area contributed by atoms with Gasteiger partial charge in [-0.25, -0.2) is 0 Å². The summed E-state index contributed by atoms with van der Waals surface area (Å²) in [6.07, 6.45) is 4.50. The fourth-order valence-corrected chi connectivity index (χ4v) is 1.86. The number of pyridine rings is 1. The summed E-state index contributed by atoms with van der Waals surface area (Å²) in [6, 6.07) is 2.08. The summed E-state index contributed by atoms with van der Waals surface area (Å²) in [6.45, 7) is 5.20. The molecule has 0 unspecified atom stereocenters. The van der Waals surface area contributed by atoms with E-state index in [1.165, 1.54) is 5.56 Å². The van der Waals surface area contributed by atoms with Crippen LogP contribution >= 0.6 is 15.9 Å². The predicted octanol–water partition coefficient (Wildman–Crippen LogP) is 2.05. The summed E-state index contributed by atoms with van der Waals surface area (Å²) >= 11 is 3.41. The van der Waals surface area contributed by atoms with Gasteiger partial charge in [0, 0.05) is 36.6 Å². The highest BCUT2D eigenvalue weighted by Gasteiger charge is 2.03. The molecule has 15 heavy (non-hydrogen) atoms. The van der Waals surface area contributed by atoms with Crippen LogP contribution in [0, 0.1) is 0 Å². The molecule has 1 rings (SSSR count). The van der Waals surface area contributed by atoms with Gasteiger partial charge in [0.25, 0.3) is 0 Å². The number of aliphatic hydroxyl groups is 1. The third-order valence-corrected chi connectivity index (χ3v) is 2.68. The number of nitrogens with zero attached hydrogens (tertiary/aromatic N) is 2. The van der Waals surface area contributed by atoms with E-state index in [1.807, 2.05) is 6.20 Å². The maximum absolute atomic E-state index is 8.77. The molecule has 4 heteroatoms. The molecule has 3 nitrogen and oxygen atoms in total. The first-order valence-corrected chi connectivity index (χ1v) is 5.98. The summed E-state index contributed by atoms with van der Waals surface area (Å²) < 4.78 is 1.01. The van der Waals surface area contributed by atoms with E-state index in [1.54, 1.807) is 6.20 Å². The van der Waals surface area contributed by atoms with Crippen molar-refractivity contribution >= 4 is 15.9 Å². The second kappa shape index (κ2) is 6.93. The van der Waals surface area contributed by atoms with Crippen molar-refractivity contribution in [3.63, 3.8) is 0 Å². The summed E-state index contributed by atoms with van der Waals surface area (Å²) in [5, 5.41) is 8.77. The monoisotopic (exact) mass is 272 g/mol. The minimum absolute atomic E-state index is 0.257.